The lowest BCUT2D eigenvalue weighted by atomic mass is 9.93. The average molecular weight is 447 g/mol. The third-order valence-corrected chi connectivity index (χ3v) is 5.74. The van der Waals surface area contributed by atoms with Crippen LogP contribution in [0.1, 0.15) is 50.9 Å². The van der Waals surface area contributed by atoms with Gasteiger partial charge in [-0.05, 0) is 87.2 Å². The van der Waals surface area contributed by atoms with Crippen molar-refractivity contribution in [2.75, 3.05) is 13.1 Å². The third kappa shape index (κ3) is 5.23. The quantitative estimate of drug-likeness (QED) is 0.546. The molecule has 0 spiro atoms. The SMILES string of the molecule is CC(C)(C)OC(=O)N1CCC(c2cc(-c3ccnc(C#N)c3)c(-c3ccc(F)cc3)[nH]2)CC1. The summed E-state index contributed by atoms with van der Waals surface area (Å²) in [7, 11) is 0. The van der Waals surface area contributed by atoms with Crippen molar-refractivity contribution in [3.8, 4) is 28.5 Å². The maximum absolute atomic E-state index is 13.5. The first-order valence-corrected chi connectivity index (χ1v) is 11.1. The first-order chi connectivity index (χ1) is 15.7. The Morgan fingerprint density at radius 2 is 1.85 bits per heavy atom. The van der Waals surface area contributed by atoms with Gasteiger partial charge in [0.05, 0.1) is 5.69 Å². The Balaban J connectivity index is 1.62. The van der Waals surface area contributed by atoms with Crippen molar-refractivity contribution in [2.45, 2.75) is 45.1 Å². The number of likely N-dealkylation sites (tertiary alicyclic amines) is 1. The monoisotopic (exact) mass is 446 g/mol. The summed E-state index contributed by atoms with van der Waals surface area (Å²) in [5, 5.41) is 9.27. The fourth-order valence-corrected chi connectivity index (χ4v) is 4.13. The lowest BCUT2D eigenvalue weighted by Crippen LogP contribution is -2.41. The van der Waals surface area contributed by atoms with Gasteiger partial charge in [0.15, 0.2) is 0 Å². The van der Waals surface area contributed by atoms with Crippen LogP contribution >= 0.6 is 0 Å². The summed E-state index contributed by atoms with van der Waals surface area (Å²) in [6.07, 6.45) is 2.96. The van der Waals surface area contributed by atoms with E-state index in [1.54, 1.807) is 29.3 Å². The van der Waals surface area contributed by atoms with Crippen LogP contribution in [-0.2, 0) is 4.74 Å². The fourth-order valence-electron chi connectivity index (χ4n) is 4.13. The maximum Gasteiger partial charge on any atom is 0.410 e. The minimum atomic E-state index is -0.515. The number of benzene rings is 1. The van der Waals surface area contributed by atoms with Gasteiger partial charge >= 0.3 is 6.09 Å². The molecule has 1 aliphatic heterocycles. The van der Waals surface area contributed by atoms with Crippen molar-refractivity contribution in [1.82, 2.24) is 14.9 Å². The summed E-state index contributed by atoms with van der Waals surface area (Å²) in [6.45, 7) is 6.84. The number of carbonyl (C=O) groups is 1. The van der Waals surface area contributed by atoms with Gasteiger partial charge < -0.3 is 14.6 Å². The third-order valence-electron chi connectivity index (χ3n) is 5.74. The summed E-state index contributed by atoms with van der Waals surface area (Å²) in [4.78, 5) is 21.8. The molecule has 0 unspecified atom stereocenters. The van der Waals surface area contributed by atoms with Gasteiger partial charge in [-0.2, -0.15) is 5.26 Å². The number of hydrogen-bond acceptors (Lipinski definition) is 4. The molecule has 33 heavy (non-hydrogen) atoms. The highest BCUT2D eigenvalue weighted by Crippen LogP contribution is 2.37. The van der Waals surface area contributed by atoms with Gasteiger partial charge in [-0.25, -0.2) is 14.2 Å². The molecule has 0 radical (unpaired) electrons. The van der Waals surface area contributed by atoms with E-state index >= 15 is 0 Å². The molecule has 0 bridgehead atoms. The van der Waals surface area contributed by atoms with Crippen molar-refractivity contribution < 1.29 is 13.9 Å². The van der Waals surface area contributed by atoms with Crippen LogP contribution in [0.15, 0.2) is 48.7 Å². The van der Waals surface area contributed by atoms with Crippen molar-refractivity contribution in [3.05, 3.63) is 65.9 Å². The number of hydrogen-bond donors (Lipinski definition) is 1. The van der Waals surface area contributed by atoms with Crippen LogP contribution in [0, 0.1) is 17.1 Å². The van der Waals surface area contributed by atoms with Crippen LogP contribution in [0.5, 0.6) is 0 Å². The van der Waals surface area contributed by atoms with Gasteiger partial charge in [0.1, 0.15) is 23.2 Å². The smallest absolute Gasteiger partial charge is 0.410 e. The summed E-state index contributed by atoms with van der Waals surface area (Å²) in [5.41, 5.74) is 4.42. The predicted octanol–water partition coefficient (Wildman–Crippen LogP) is 5.87. The highest BCUT2D eigenvalue weighted by Gasteiger charge is 2.29. The van der Waals surface area contributed by atoms with Crippen molar-refractivity contribution in [2.24, 2.45) is 0 Å². The number of H-pyrrole nitrogens is 1. The molecule has 0 saturated carbocycles. The van der Waals surface area contributed by atoms with E-state index in [0.717, 1.165) is 40.9 Å². The molecule has 1 saturated heterocycles. The molecule has 0 atom stereocenters. The van der Waals surface area contributed by atoms with E-state index in [-0.39, 0.29) is 17.8 Å². The number of aromatic nitrogens is 2. The van der Waals surface area contributed by atoms with E-state index in [9.17, 15) is 14.4 Å². The fraction of sp³-hybridized carbons (Fsp3) is 0.346. The standard InChI is InChI=1S/C26H27FN4O2/c1-26(2,3)33-25(32)31-12-9-17(10-13-31)23-15-22(19-8-11-29-21(14-19)16-28)24(30-23)18-4-6-20(27)7-5-18/h4-8,11,14-15,17,30H,9-10,12-13H2,1-3H3. The van der Waals surface area contributed by atoms with Crippen LogP contribution in [0.4, 0.5) is 9.18 Å². The summed E-state index contributed by atoms with van der Waals surface area (Å²) in [6, 6.07) is 14.2. The van der Waals surface area contributed by atoms with Gasteiger partial charge in [-0.3, -0.25) is 0 Å². The zero-order valence-corrected chi connectivity index (χ0v) is 19.1. The minimum absolute atomic E-state index is 0.244. The molecule has 3 heterocycles. The molecule has 1 aromatic carbocycles. The number of aromatic amines is 1. The van der Waals surface area contributed by atoms with E-state index in [1.807, 2.05) is 26.8 Å². The van der Waals surface area contributed by atoms with E-state index in [1.165, 1.54) is 12.1 Å². The van der Waals surface area contributed by atoms with E-state index < -0.39 is 5.60 Å². The number of halogens is 1. The number of nitrogens with zero attached hydrogens (tertiary/aromatic N) is 3. The molecule has 170 valence electrons. The topological polar surface area (TPSA) is 82.0 Å². The Morgan fingerprint density at radius 1 is 1.15 bits per heavy atom. The highest BCUT2D eigenvalue weighted by molar-refractivity contribution is 5.82. The van der Waals surface area contributed by atoms with Crippen molar-refractivity contribution in [3.63, 3.8) is 0 Å². The average Bonchev–Trinajstić information content (AvgIpc) is 3.24. The van der Waals surface area contributed by atoms with Crippen molar-refractivity contribution >= 4 is 6.09 Å². The Bertz CT molecular complexity index is 1180. The Morgan fingerprint density at radius 3 is 2.48 bits per heavy atom. The second-order valence-corrected chi connectivity index (χ2v) is 9.30. The van der Waals surface area contributed by atoms with E-state index in [0.29, 0.717) is 18.8 Å². The number of carbonyl (C=O) groups excluding carboxylic acids is 1. The number of ether oxygens (including phenoxy) is 1. The number of piperidine rings is 1. The second-order valence-electron chi connectivity index (χ2n) is 9.30. The van der Waals surface area contributed by atoms with Crippen LogP contribution in [0.25, 0.3) is 22.4 Å². The van der Waals surface area contributed by atoms with Gasteiger partial charge in [-0.15, -0.1) is 0 Å². The largest absolute Gasteiger partial charge is 0.444 e. The Labute approximate surface area is 193 Å². The van der Waals surface area contributed by atoms with Gasteiger partial charge in [0.2, 0.25) is 0 Å². The molecule has 1 aliphatic rings. The van der Waals surface area contributed by atoms with Gasteiger partial charge in [-0.1, -0.05) is 0 Å². The molecule has 2 aromatic heterocycles. The number of amides is 1. The zero-order valence-electron chi connectivity index (χ0n) is 19.1. The zero-order chi connectivity index (χ0) is 23.6. The van der Waals surface area contributed by atoms with E-state index in [4.69, 9.17) is 4.74 Å². The lowest BCUT2D eigenvalue weighted by Gasteiger charge is -2.33. The molecule has 7 heteroatoms. The predicted molar refractivity (Wildman–Crippen MR) is 124 cm³/mol. The molecule has 4 rings (SSSR count). The van der Waals surface area contributed by atoms with E-state index in [2.05, 4.69) is 22.1 Å². The van der Waals surface area contributed by atoms with Crippen LogP contribution in [0.3, 0.4) is 0 Å². The number of nitriles is 1. The molecule has 1 N–H and O–H groups in total. The van der Waals surface area contributed by atoms with Gasteiger partial charge in [0.25, 0.3) is 0 Å². The molecular weight excluding hydrogens is 419 g/mol. The molecule has 1 fully saturated rings. The minimum Gasteiger partial charge on any atom is -0.444 e. The highest BCUT2D eigenvalue weighted by atomic mass is 19.1. The van der Waals surface area contributed by atoms with Crippen LogP contribution < -0.4 is 0 Å². The Hall–Kier alpha value is -3.66. The molecular formula is C26H27FN4O2. The summed E-state index contributed by atoms with van der Waals surface area (Å²) >= 11 is 0. The Kier molecular flexibility index (Phi) is 6.19. The molecule has 1 amide bonds. The summed E-state index contributed by atoms with van der Waals surface area (Å²) in [5.74, 6) is -0.0498. The number of nitrogens with one attached hydrogen (secondary N) is 1. The van der Waals surface area contributed by atoms with Crippen molar-refractivity contribution in [1.29, 1.82) is 5.26 Å². The van der Waals surface area contributed by atoms with Gasteiger partial charge in [0, 0.05) is 36.5 Å². The first kappa shape index (κ1) is 22.5. The molecule has 3 aromatic rings. The van der Waals surface area contributed by atoms with Crippen LogP contribution in [0.2, 0.25) is 0 Å². The summed E-state index contributed by atoms with van der Waals surface area (Å²) < 4.78 is 19.0. The molecule has 6 nitrogen and oxygen atoms in total. The normalized spacial score (nSPS) is 14.7. The maximum atomic E-state index is 13.5. The number of pyridine rings is 1. The lowest BCUT2D eigenvalue weighted by molar-refractivity contribution is 0.0204. The first-order valence-electron chi connectivity index (χ1n) is 11.1. The second kappa shape index (κ2) is 9.07. The number of rotatable bonds is 3. The molecule has 0 aliphatic carbocycles. The van der Waals surface area contributed by atoms with Crippen LogP contribution in [-0.4, -0.2) is 39.7 Å².